The maximum Gasteiger partial charge on any atom is 0.223 e. The Bertz CT molecular complexity index is 499. The highest BCUT2D eigenvalue weighted by molar-refractivity contribution is 7.80. The van der Waals surface area contributed by atoms with Crippen LogP contribution < -0.4 is 4.90 Å². The summed E-state index contributed by atoms with van der Waals surface area (Å²) < 4.78 is 0. The van der Waals surface area contributed by atoms with E-state index in [4.69, 9.17) is 0 Å². The number of anilines is 1. The summed E-state index contributed by atoms with van der Waals surface area (Å²) in [6, 6.07) is 6.06. The van der Waals surface area contributed by atoms with Gasteiger partial charge in [0.2, 0.25) is 5.91 Å². The molecule has 1 aliphatic rings. The van der Waals surface area contributed by atoms with Crippen LogP contribution in [0, 0.1) is 11.8 Å². The molecule has 0 N–H and O–H groups in total. The van der Waals surface area contributed by atoms with Gasteiger partial charge in [0, 0.05) is 36.9 Å². The largest absolute Gasteiger partial charge is 0.312 e. The number of thiol groups is 1. The molecule has 88 valence electrons. The normalized spacial score (nSPS) is 12.9. The van der Waals surface area contributed by atoms with Crippen LogP contribution in [0.5, 0.6) is 0 Å². The minimum absolute atomic E-state index is 0.109. The van der Waals surface area contributed by atoms with Gasteiger partial charge in [0.25, 0.3) is 0 Å². The van der Waals surface area contributed by atoms with E-state index in [1.165, 1.54) is 5.56 Å². The SMILES string of the molecule is CC(=O)N1CCc2cc(C#CCCS)ccc21. The molecule has 1 aromatic rings. The molecule has 1 amide bonds. The molecule has 0 spiro atoms. The number of hydrogen-bond acceptors (Lipinski definition) is 2. The number of carbonyl (C=O) groups excluding carboxylic acids is 1. The Labute approximate surface area is 107 Å². The van der Waals surface area contributed by atoms with Crippen molar-refractivity contribution in [2.24, 2.45) is 0 Å². The third-order valence-corrected chi connectivity index (χ3v) is 3.05. The molecule has 0 aromatic heterocycles. The fourth-order valence-electron chi connectivity index (χ4n) is 2.03. The summed E-state index contributed by atoms with van der Waals surface area (Å²) in [7, 11) is 0. The van der Waals surface area contributed by atoms with Crippen LogP contribution in [0.2, 0.25) is 0 Å². The third kappa shape index (κ3) is 2.65. The summed E-state index contributed by atoms with van der Waals surface area (Å²) >= 11 is 4.12. The molecule has 1 aliphatic heterocycles. The van der Waals surface area contributed by atoms with E-state index in [1.54, 1.807) is 6.92 Å². The Morgan fingerprint density at radius 3 is 3.06 bits per heavy atom. The lowest BCUT2D eigenvalue weighted by atomic mass is 10.1. The first-order chi connectivity index (χ1) is 8.22. The molecule has 17 heavy (non-hydrogen) atoms. The molecule has 2 nitrogen and oxygen atoms in total. The number of hydrogen-bond donors (Lipinski definition) is 1. The van der Waals surface area contributed by atoms with Crippen LogP contribution in [-0.2, 0) is 11.2 Å². The van der Waals surface area contributed by atoms with Gasteiger partial charge in [-0.25, -0.2) is 0 Å². The summed E-state index contributed by atoms with van der Waals surface area (Å²) in [6.07, 6.45) is 1.73. The zero-order valence-electron chi connectivity index (χ0n) is 9.86. The van der Waals surface area contributed by atoms with Gasteiger partial charge in [0.15, 0.2) is 0 Å². The molecule has 0 bridgehead atoms. The minimum atomic E-state index is 0.109. The Kier molecular flexibility index (Phi) is 3.75. The fourth-order valence-corrected chi connectivity index (χ4v) is 2.14. The topological polar surface area (TPSA) is 20.3 Å². The fraction of sp³-hybridized carbons (Fsp3) is 0.357. The predicted molar refractivity (Wildman–Crippen MR) is 73.5 cm³/mol. The number of fused-ring (bicyclic) bond motifs is 1. The van der Waals surface area contributed by atoms with E-state index in [0.29, 0.717) is 0 Å². The lowest BCUT2D eigenvalue weighted by molar-refractivity contribution is -0.116. The lowest BCUT2D eigenvalue weighted by Crippen LogP contribution is -2.25. The van der Waals surface area contributed by atoms with Gasteiger partial charge in [-0.05, 0) is 30.2 Å². The average molecular weight is 245 g/mol. The Balaban J connectivity index is 2.23. The Morgan fingerprint density at radius 1 is 1.53 bits per heavy atom. The first-order valence-corrected chi connectivity index (χ1v) is 6.36. The van der Waals surface area contributed by atoms with E-state index < -0.39 is 0 Å². The van der Waals surface area contributed by atoms with Crippen molar-refractivity contribution < 1.29 is 4.79 Å². The van der Waals surface area contributed by atoms with Crippen molar-refractivity contribution in [2.45, 2.75) is 19.8 Å². The van der Waals surface area contributed by atoms with Crippen molar-refractivity contribution in [3.63, 3.8) is 0 Å². The maximum absolute atomic E-state index is 11.4. The first-order valence-electron chi connectivity index (χ1n) is 5.73. The predicted octanol–water partition coefficient (Wildman–Crippen LogP) is 2.27. The van der Waals surface area contributed by atoms with E-state index in [1.807, 2.05) is 17.0 Å². The average Bonchev–Trinajstić information content (AvgIpc) is 2.72. The van der Waals surface area contributed by atoms with Gasteiger partial charge in [-0.1, -0.05) is 11.8 Å². The standard InChI is InChI=1S/C14H15NOS/c1-11(16)15-8-7-13-10-12(4-2-3-9-17)5-6-14(13)15/h5-6,10,17H,3,7-9H2,1H3. The monoisotopic (exact) mass is 245 g/mol. The van der Waals surface area contributed by atoms with Crippen LogP contribution in [-0.4, -0.2) is 18.2 Å². The van der Waals surface area contributed by atoms with Gasteiger partial charge < -0.3 is 4.90 Å². The number of amides is 1. The highest BCUT2D eigenvalue weighted by atomic mass is 32.1. The molecule has 0 radical (unpaired) electrons. The number of benzene rings is 1. The van der Waals surface area contributed by atoms with Crippen molar-refractivity contribution >= 4 is 24.2 Å². The lowest BCUT2D eigenvalue weighted by Gasteiger charge is -2.14. The van der Waals surface area contributed by atoms with E-state index in [2.05, 4.69) is 30.5 Å². The van der Waals surface area contributed by atoms with Crippen LogP contribution in [0.1, 0.15) is 24.5 Å². The van der Waals surface area contributed by atoms with Gasteiger partial charge in [0.05, 0.1) is 0 Å². The van der Waals surface area contributed by atoms with E-state index in [9.17, 15) is 4.79 Å². The molecule has 2 rings (SSSR count). The first kappa shape index (κ1) is 12.1. The molecule has 0 fully saturated rings. The van der Waals surface area contributed by atoms with Crippen LogP contribution >= 0.6 is 12.6 Å². The molecule has 1 heterocycles. The summed E-state index contributed by atoms with van der Waals surface area (Å²) in [5.41, 5.74) is 3.28. The summed E-state index contributed by atoms with van der Waals surface area (Å²) in [6.45, 7) is 2.40. The zero-order valence-corrected chi connectivity index (χ0v) is 10.8. The van der Waals surface area contributed by atoms with E-state index in [-0.39, 0.29) is 5.91 Å². The van der Waals surface area contributed by atoms with Crippen molar-refractivity contribution in [2.75, 3.05) is 17.2 Å². The molecule has 0 unspecified atom stereocenters. The molecule has 1 aromatic carbocycles. The van der Waals surface area contributed by atoms with E-state index in [0.717, 1.165) is 36.4 Å². The van der Waals surface area contributed by atoms with Gasteiger partial charge in [-0.2, -0.15) is 12.6 Å². The second kappa shape index (κ2) is 5.29. The van der Waals surface area contributed by atoms with Gasteiger partial charge in [-0.15, -0.1) is 0 Å². The van der Waals surface area contributed by atoms with Crippen LogP contribution in [0.15, 0.2) is 18.2 Å². The molecule has 0 atom stereocenters. The summed E-state index contributed by atoms with van der Waals surface area (Å²) in [4.78, 5) is 13.2. The van der Waals surface area contributed by atoms with Crippen LogP contribution in [0.3, 0.4) is 0 Å². The second-order valence-electron chi connectivity index (χ2n) is 4.04. The minimum Gasteiger partial charge on any atom is -0.312 e. The molecular formula is C14H15NOS. The highest BCUT2D eigenvalue weighted by Gasteiger charge is 2.21. The Morgan fingerprint density at radius 2 is 2.35 bits per heavy atom. The smallest absolute Gasteiger partial charge is 0.223 e. The molecular weight excluding hydrogens is 230 g/mol. The van der Waals surface area contributed by atoms with Crippen molar-refractivity contribution in [3.8, 4) is 11.8 Å². The van der Waals surface area contributed by atoms with Gasteiger partial charge in [0.1, 0.15) is 0 Å². The van der Waals surface area contributed by atoms with Gasteiger partial charge >= 0.3 is 0 Å². The summed E-state index contributed by atoms with van der Waals surface area (Å²) in [5, 5.41) is 0. The quantitative estimate of drug-likeness (QED) is 0.594. The maximum atomic E-state index is 11.4. The number of rotatable bonds is 1. The van der Waals surface area contributed by atoms with Gasteiger partial charge in [-0.3, -0.25) is 4.79 Å². The highest BCUT2D eigenvalue weighted by Crippen LogP contribution is 2.28. The van der Waals surface area contributed by atoms with Crippen molar-refractivity contribution in [3.05, 3.63) is 29.3 Å². The van der Waals surface area contributed by atoms with Crippen LogP contribution in [0.25, 0.3) is 0 Å². The molecule has 0 aliphatic carbocycles. The van der Waals surface area contributed by atoms with Crippen molar-refractivity contribution in [1.29, 1.82) is 0 Å². The third-order valence-electron chi connectivity index (χ3n) is 2.82. The number of carbonyl (C=O) groups is 1. The molecule has 0 saturated carbocycles. The van der Waals surface area contributed by atoms with Crippen molar-refractivity contribution in [1.82, 2.24) is 0 Å². The molecule has 0 saturated heterocycles. The Hall–Kier alpha value is -1.40. The molecule has 3 heteroatoms. The zero-order chi connectivity index (χ0) is 12.3. The number of nitrogens with zero attached hydrogens (tertiary/aromatic N) is 1. The summed E-state index contributed by atoms with van der Waals surface area (Å²) in [5.74, 6) is 7.08. The van der Waals surface area contributed by atoms with Crippen LogP contribution in [0.4, 0.5) is 5.69 Å². The van der Waals surface area contributed by atoms with E-state index >= 15 is 0 Å². The second-order valence-corrected chi connectivity index (χ2v) is 4.49.